The number of rotatable bonds is 7. The predicted molar refractivity (Wildman–Crippen MR) is 98.1 cm³/mol. The van der Waals surface area contributed by atoms with Crippen LogP contribution in [0.1, 0.15) is 37.3 Å². The van der Waals surface area contributed by atoms with Gasteiger partial charge in [0.15, 0.2) is 0 Å². The molecule has 4 heteroatoms. The number of unbranched alkanes of at least 4 members (excludes halogenated alkanes) is 1. The van der Waals surface area contributed by atoms with E-state index in [1.54, 1.807) is 31.4 Å². The smallest absolute Gasteiger partial charge is 0.311 e. The molecule has 2 aromatic rings. The van der Waals surface area contributed by atoms with Gasteiger partial charge in [-0.1, -0.05) is 37.6 Å². The van der Waals surface area contributed by atoms with Gasteiger partial charge in [0, 0.05) is 12.0 Å². The Morgan fingerprint density at radius 2 is 2.00 bits per heavy atom. The van der Waals surface area contributed by atoms with Gasteiger partial charge in [0.25, 0.3) is 0 Å². The van der Waals surface area contributed by atoms with Crippen LogP contribution in [-0.4, -0.2) is 13.1 Å². The van der Waals surface area contributed by atoms with Gasteiger partial charge in [0.05, 0.1) is 18.8 Å². The van der Waals surface area contributed by atoms with Crippen LogP contribution in [0.2, 0.25) is 0 Å². The summed E-state index contributed by atoms with van der Waals surface area (Å²) in [4.78, 5) is 11.8. The fourth-order valence-corrected chi connectivity index (χ4v) is 2.38. The molecule has 0 N–H and O–H groups in total. The van der Waals surface area contributed by atoms with Crippen molar-refractivity contribution < 1.29 is 14.3 Å². The lowest BCUT2D eigenvalue weighted by molar-refractivity contribution is -0.134. The molecule has 0 atom stereocenters. The summed E-state index contributed by atoms with van der Waals surface area (Å²) in [6.07, 6.45) is 3.91. The zero-order chi connectivity index (χ0) is 18.1. The molecule has 25 heavy (non-hydrogen) atoms. The highest BCUT2D eigenvalue weighted by Gasteiger charge is 2.09. The molecule has 0 radical (unpaired) electrons. The zero-order valence-electron chi connectivity index (χ0n) is 14.5. The fourth-order valence-electron chi connectivity index (χ4n) is 2.38. The number of allylic oxidation sites excluding steroid dienone is 1. The highest BCUT2D eigenvalue weighted by molar-refractivity contribution is 5.91. The molecular formula is C21H21NO3. The van der Waals surface area contributed by atoms with Gasteiger partial charge in [-0.3, -0.25) is 4.79 Å². The second-order valence-electron chi connectivity index (χ2n) is 5.52. The lowest BCUT2D eigenvalue weighted by Gasteiger charge is -2.08. The number of nitrogens with zero attached hydrogens (tertiary/aromatic N) is 1. The van der Waals surface area contributed by atoms with Gasteiger partial charge >= 0.3 is 5.97 Å². The molecule has 0 unspecified atom stereocenters. The van der Waals surface area contributed by atoms with E-state index in [1.165, 1.54) is 0 Å². The Hall–Kier alpha value is -3.06. The van der Waals surface area contributed by atoms with E-state index in [0.717, 1.165) is 24.0 Å². The Bertz CT molecular complexity index is 803. The SMILES string of the molecule is CCCCC(=O)Oc1cccc(/C=C(/C#N)c2ccccc2OC)c1. The van der Waals surface area contributed by atoms with Crippen LogP contribution in [0.15, 0.2) is 48.5 Å². The maximum atomic E-state index is 11.8. The Kier molecular flexibility index (Phi) is 6.79. The average molecular weight is 335 g/mol. The Labute approximate surface area is 148 Å². The predicted octanol–water partition coefficient (Wildman–Crippen LogP) is 4.85. The summed E-state index contributed by atoms with van der Waals surface area (Å²) in [6, 6.07) is 16.7. The van der Waals surface area contributed by atoms with Gasteiger partial charge < -0.3 is 9.47 Å². The fraction of sp³-hybridized carbons (Fsp3) is 0.238. The summed E-state index contributed by atoms with van der Waals surface area (Å²) in [6.45, 7) is 2.03. The third-order valence-corrected chi connectivity index (χ3v) is 3.65. The van der Waals surface area contributed by atoms with Crippen molar-refractivity contribution in [3.8, 4) is 17.6 Å². The van der Waals surface area contributed by atoms with Crippen LogP contribution in [0.5, 0.6) is 11.5 Å². The normalized spacial score (nSPS) is 10.8. The molecule has 0 aromatic heterocycles. The van der Waals surface area contributed by atoms with E-state index in [0.29, 0.717) is 23.5 Å². The first kappa shape index (κ1) is 18.3. The minimum absolute atomic E-state index is 0.242. The van der Waals surface area contributed by atoms with Crippen LogP contribution in [0.4, 0.5) is 0 Å². The monoisotopic (exact) mass is 335 g/mol. The maximum Gasteiger partial charge on any atom is 0.311 e. The Morgan fingerprint density at radius 3 is 2.72 bits per heavy atom. The molecular weight excluding hydrogens is 314 g/mol. The van der Waals surface area contributed by atoms with E-state index in [4.69, 9.17) is 9.47 Å². The van der Waals surface area contributed by atoms with Crippen molar-refractivity contribution in [2.45, 2.75) is 26.2 Å². The second kappa shape index (κ2) is 9.29. The minimum Gasteiger partial charge on any atom is -0.496 e. The van der Waals surface area contributed by atoms with Crippen molar-refractivity contribution in [2.24, 2.45) is 0 Å². The van der Waals surface area contributed by atoms with E-state index in [9.17, 15) is 10.1 Å². The van der Waals surface area contributed by atoms with Crippen LogP contribution in [-0.2, 0) is 4.79 Å². The molecule has 0 spiro atoms. The first-order chi connectivity index (χ1) is 12.2. The quantitative estimate of drug-likeness (QED) is 0.314. The molecule has 0 aliphatic rings. The van der Waals surface area contributed by atoms with Crippen LogP contribution >= 0.6 is 0 Å². The maximum absolute atomic E-state index is 11.8. The Balaban J connectivity index is 2.25. The number of carbonyl (C=O) groups excluding carboxylic acids is 1. The topological polar surface area (TPSA) is 59.3 Å². The number of para-hydroxylation sites is 1. The molecule has 0 bridgehead atoms. The van der Waals surface area contributed by atoms with Gasteiger partial charge in [-0.15, -0.1) is 0 Å². The molecule has 0 saturated heterocycles. The molecule has 0 saturated carbocycles. The van der Waals surface area contributed by atoms with Gasteiger partial charge in [0.2, 0.25) is 0 Å². The largest absolute Gasteiger partial charge is 0.496 e. The number of esters is 1. The van der Waals surface area contributed by atoms with E-state index >= 15 is 0 Å². The van der Waals surface area contributed by atoms with Crippen LogP contribution in [0, 0.1) is 11.3 Å². The van der Waals surface area contributed by atoms with Crippen LogP contribution in [0.3, 0.4) is 0 Å². The van der Waals surface area contributed by atoms with Crippen molar-refractivity contribution in [3.63, 3.8) is 0 Å². The number of hydrogen-bond donors (Lipinski definition) is 0. The minimum atomic E-state index is -0.242. The summed E-state index contributed by atoms with van der Waals surface area (Å²) in [5.74, 6) is 0.873. The molecule has 2 aromatic carbocycles. The summed E-state index contributed by atoms with van der Waals surface area (Å²) in [5, 5.41) is 9.51. The number of methoxy groups -OCH3 is 1. The van der Waals surface area contributed by atoms with E-state index < -0.39 is 0 Å². The van der Waals surface area contributed by atoms with Crippen LogP contribution < -0.4 is 9.47 Å². The third kappa shape index (κ3) is 5.22. The highest BCUT2D eigenvalue weighted by Crippen LogP contribution is 2.27. The van der Waals surface area contributed by atoms with E-state index in [-0.39, 0.29) is 5.97 Å². The van der Waals surface area contributed by atoms with E-state index in [2.05, 4.69) is 6.07 Å². The van der Waals surface area contributed by atoms with Crippen molar-refractivity contribution in [1.29, 1.82) is 5.26 Å². The molecule has 0 aliphatic heterocycles. The summed E-state index contributed by atoms with van der Waals surface area (Å²) in [5.41, 5.74) is 1.98. The van der Waals surface area contributed by atoms with Crippen LogP contribution in [0.25, 0.3) is 11.6 Å². The van der Waals surface area contributed by atoms with E-state index in [1.807, 2.05) is 37.3 Å². The summed E-state index contributed by atoms with van der Waals surface area (Å²) in [7, 11) is 1.57. The molecule has 128 valence electrons. The molecule has 0 amide bonds. The first-order valence-corrected chi connectivity index (χ1v) is 8.24. The molecule has 0 fully saturated rings. The Morgan fingerprint density at radius 1 is 1.20 bits per heavy atom. The molecule has 2 rings (SSSR count). The average Bonchev–Trinajstić information content (AvgIpc) is 2.64. The van der Waals surface area contributed by atoms with Crippen molar-refractivity contribution in [2.75, 3.05) is 7.11 Å². The lowest BCUT2D eigenvalue weighted by Crippen LogP contribution is -2.07. The first-order valence-electron chi connectivity index (χ1n) is 8.24. The third-order valence-electron chi connectivity index (χ3n) is 3.65. The van der Waals surface area contributed by atoms with Crippen molar-refractivity contribution in [3.05, 3.63) is 59.7 Å². The van der Waals surface area contributed by atoms with Crippen molar-refractivity contribution in [1.82, 2.24) is 0 Å². The second-order valence-corrected chi connectivity index (χ2v) is 5.52. The molecule has 4 nitrogen and oxygen atoms in total. The van der Waals surface area contributed by atoms with Gasteiger partial charge in [-0.2, -0.15) is 5.26 Å². The van der Waals surface area contributed by atoms with Gasteiger partial charge in [0.1, 0.15) is 11.5 Å². The zero-order valence-corrected chi connectivity index (χ0v) is 14.5. The number of carbonyl (C=O) groups is 1. The highest BCUT2D eigenvalue weighted by atomic mass is 16.5. The lowest BCUT2D eigenvalue weighted by atomic mass is 10.0. The number of benzene rings is 2. The molecule has 0 heterocycles. The summed E-state index contributed by atoms with van der Waals surface area (Å²) < 4.78 is 10.7. The van der Waals surface area contributed by atoms with Gasteiger partial charge in [-0.25, -0.2) is 0 Å². The number of hydrogen-bond acceptors (Lipinski definition) is 4. The standard InChI is InChI=1S/C21H21NO3/c1-3-4-12-21(23)25-18-9-7-8-16(14-18)13-17(15-22)19-10-5-6-11-20(19)24-2/h5-11,13-14H,3-4,12H2,1-2H3/b17-13-. The number of nitriles is 1. The molecule has 0 aliphatic carbocycles. The summed E-state index contributed by atoms with van der Waals surface area (Å²) >= 11 is 0. The van der Waals surface area contributed by atoms with Crippen molar-refractivity contribution >= 4 is 17.6 Å². The van der Waals surface area contributed by atoms with Gasteiger partial charge in [-0.05, 0) is 42.3 Å². The number of ether oxygens (including phenoxy) is 2.